The number of hydrogen-bond acceptors (Lipinski definition) is 2. The van der Waals surface area contributed by atoms with Gasteiger partial charge in [0.15, 0.2) is 0 Å². The molecule has 0 aliphatic carbocycles. The lowest BCUT2D eigenvalue weighted by Gasteiger charge is -2.32. The Morgan fingerprint density at radius 1 is 1.07 bits per heavy atom. The fourth-order valence-electron chi connectivity index (χ4n) is 3.74. The highest BCUT2D eigenvalue weighted by Crippen LogP contribution is 2.22. The Bertz CT molecular complexity index is 948. The van der Waals surface area contributed by atoms with Crippen LogP contribution in [-0.4, -0.2) is 34.8 Å². The predicted molar refractivity (Wildman–Crippen MR) is 106 cm³/mol. The summed E-state index contributed by atoms with van der Waals surface area (Å²) < 4.78 is 0. The third-order valence-electron chi connectivity index (χ3n) is 5.20. The molecule has 1 aliphatic rings. The molecule has 2 aromatic carbocycles. The molecule has 1 fully saturated rings. The zero-order chi connectivity index (χ0) is 18.6. The van der Waals surface area contributed by atoms with E-state index in [2.05, 4.69) is 10.3 Å². The molecule has 5 heteroatoms. The van der Waals surface area contributed by atoms with Crippen molar-refractivity contribution in [3.05, 3.63) is 66.4 Å². The van der Waals surface area contributed by atoms with Crippen LogP contribution in [0.5, 0.6) is 0 Å². The van der Waals surface area contributed by atoms with Crippen LogP contribution in [0.25, 0.3) is 10.9 Å². The van der Waals surface area contributed by atoms with Crippen LogP contribution in [0.15, 0.2) is 60.8 Å². The summed E-state index contributed by atoms with van der Waals surface area (Å²) in [5, 5.41) is 4.04. The van der Waals surface area contributed by atoms with Crippen LogP contribution in [0.1, 0.15) is 18.4 Å². The molecule has 4 rings (SSSR count). The average Bonchev–Trinajstić information content (AvgIpc) is 3.12. The number of para-hydroxylation sites is 2. The number of rotatable bonds is 4. The first-order valence-corrected chi connectivity index (χ1v) is 9.39. The standard InChI is InChI=1S/C22H23N3O2/c26-21(13-17-14-23-20-11-5-4-10-19(17)20)25-12-6-7-16(15-25)22(27)24-18-8-2-1-3-9-18/h1-5,8-11,14,16,23H,6-7,12-13,15H2,(H,24,27)/t16-/m0/s1. The van der Waals surface area contributed by atoms with Gasteiger partial charge < -0.3 is 15.2 Å². The molecule has 0 spiro atoms. The molecule has 3 aromatic rings. The van der Waals surface area contributed by atoms with Crippen molar-refractivity contribution in [3.63, 3.8) is 0 Å². The summed E-state index contributed by atoms with van der Waals surface area (Å²) >= 11 is 0. The Balaban J connectivity index is 1.40. The third-order valence-corrected chi connectivity index (χ3v) is 5.20. The van der Waals surface area contributed by atoms with Crippen molar-refractivity contribution in [1.29, 1.82) is 0 Å². The molecule has 2 N–H and O–H groups in total. The van der Waals surface area contributed by atoms with Crippen molar-refractivity contribution in [2.45, 2.75) is 19.3 Å². The normalized spacial score (nSPS) is 17.0. The second-order valence-electron chi connectivity index (χ2n) is 7.07. The summed E-state index contributed by atoms with van der Waals surface area (Å²) in [6, 6.07) is 17.5. The number of hydrogen-bond donors (Lipinski definition) is 2. The van der Waals surface area contributed by atoms with Gasteiger partial charge in [-0.15, -0.1) is 0 Å². The minimum atomic E-state index is -0.161. The molecular weight excluding hydrogens is 338 g/mol. The SMILES string of the molecule is O=C(Nc1ccccc1)[C@H]1CCCN(C(=O)Cc2c[nH]c3ccccc23)C1. The Kier molecular flexibility index (Phi) is 4.92. The van der Waals surface area contributed by atoms with Gasteiger partial charge in [-0.3, -0.25) is 9.59 Å². The minimum Gasteiger partial charge on any atom is -0.361 e. The molecular formula is C22H23N3O2. The smallest absolute Gasteiger partial charge is 0.229 e. The number of fused-ring (bicyclic) bond motifs is 1. The molecule has 2 amide bonds. The fraction of sp³-hybridized carbons (Fsp3) is 0.273. The number of carbonyl (C=O) groups excluding carboxylic acids is 2. The van der Waals surface area contributed by atoms with Crippen LogP contribution < -0.4 is 5.32 Å². The van der Waals surface area contributed by atoms with Crippen LogP contribution in [0.2, 0.25) is 0 Å². The maximum Gasteiger partial charge on any atom is 0.229 e. The molecule has 138 valence electrons. The molecule has 0 saturated carbocycles. The first-order valence-electron chi connectivity index (χ1n) is 9.39. The Hall–Kier alpha value is -3.08. The second-order valence-corrected chi connectivity index (χ2v) is 7.07. The van der Waals surface area contributed by atoms with Crippen LogP contribution in [0.4, 0.5) is 5.69 Å². The van der Waals surface area contributed by atoms with Crippen LogP contribution in [0, 0.1) is 5.92 Å². The maximum atomic E-state index is 12.8. The lowest BCUT2D eigenvalue weighted by Crippen LogP contribution is -2.44. The number of nitrogens with one attached hydrogen (secondary N) is 2. The number of nitrogens with zero attached hydrogens (tertiary/aromatic N) is 1. The summed E-state index contributed by atoms with van der Waals surface area (Å²) in [5.41, 5.74) is 2.84. The number of benzene rings is 2. The number of aromatic amines is 1. The summed E-state index contributed by atoms with van der Waals surface area (Å²) in [5.74, 6) is -0.0892. The number of piperidine rings is 1. The zero-order valence-corrected chi connectivity index (χ0v) is 15.2. The largest absolute Gasteiger partial charge is 0.361 e. The Labute approximate surface area is 158 Å². The van der Waals surface area contributed by atoms with Gasteiger partial charge in [0.05, 0.1) is 12.3 Å². The van der Waals surface area contributed by atoms with Gasteiger partial charge in [-0.1, -0.05) is 36.4 Å². The molecule has 0 radical (unpaired) electrons. The Morgan fingerprint density at radius 2 is 1.85 bits per heavy atom. The first kappa shape index (κ1) is 17.3. The molecule has 5 nitrogen and oxygen atoms in total. The summed E-state index contributed by atoms with van der Waals surface area (Å²) in [6.45, 7) is 1.20. The monoisotopic (exact) mass is 361 g/mol. The highest BCUT2D eigenvalue weighted by molar-refractivity contribution is 5.93. The predicted octanol–water partition coefficient (Wildman–Crippen LogP) is 3.59. The van der Waals surface area contributed by atoms with Crippen LogP contribution in [-0.2, 0) is 16.0 Å². The number of aromatic nitrogens is 1. The van der Waals surface area contributed by atoms with E-state index in [1.807, 2.05) is 65.7 Å². The van der Waals surface area contributed by atoms with Crippen LogP contribution in [0.3, 0.4) is 0 Å². The number of amides is 2. The lowest BCUT2D eigenvalue weighted by molar-refractivity contribution is -0.133. The van der Waals surface area contributed by atoms with E-state index in [0.29, 0.717) is 13.0 Å². The van der Waals surface area contributed by atoms with E-state index < -0.39 is 0 Å². The number of carbonyl (C=O) groups is 2. The molecule has 0 unspecified atom stereocenters. The van der Waals surface area contributed by atoms with Gasteiger partial charge in [0.2, 0.25) is 11.8 Å². The minimum absolute atomic E-state index is 0.00852. The topological polar surface area (TPSA) is 65.2 Å². The maximum absolute atomic E-state index is 12.8. The van der Waals surface area contributed by atoms with Crippen LogP contribution >= 0.6 is 0 Å². The third kappa shape index (κ3) is 3.87. The van der Waals surface area contributed by atoms with E-state index in [1.54, 1.807) is 0 Å². The van der Waals surface area contributed by atoms with Gasteiger partial charge in [-0.05, 0) is 36.6 Å². The van der Waals surface area contributed by atoms with Gasteiger partial charge in [-0.2, -0.15) is 0 Å². The van der Waals surface area contributed by atoms with Crippen molar-refractivity contribution in [1.82, 2.24) is 9.88 Å². The highest BCUT2D eigenvalue weighted by atomic mass is 16.2. The summed E-state index contributed by atoms with van der Waals surface area (Å²) in [6.07, 6.45) is 3.94. The van der Waals surface area contributed by atoms with E-state index in [0.717, 1.165) is 41.5 Å². The van der Waals surface area contributed by atoms with Crippen molar-refractivity contribution in [3.8, 4) is 0 Å². The van der Waals surface area contributed by atoms with E-state index in [1.165, 1.54) is 0 Å². The highest BCUT2D eigenvalue weighted by Gasteiger charge is 2.28. The van der Waals surface area contributed by atoms with Gasteiger partial charge in [0.25, 0.3) is 0 Å². The molecule has 1 aromatic heterocycles. The second kappa shape index (κ2) is 7.66. The molecule has 27 heavy (non-hydrogen) atoms. The Morgan fingerprint density at radius 3 is 2.70 bits per heavy atom. The zero-order valence-electron chi connectivity index (χ0n) is 15.2. The lowest BCUT2D eigenvalue weighted by atomic mass is 9.96. The summed E-state index contributed by atoms with van der Waals surface area (Å²) in [4.78, 5) is 30.4. The van der Waals surface area contributed by atoms with Crippen molar-refractivity contribution < 1.29 is 9.59 Å². The van der Waals surface area contributed by atoms with E-state index in [-0.39, 0.29) is 17.7 Å². The molecule has 1 aliphatic heterocycles. The van der Waals surface area contributed by atoms with Crippen molar-refractivity contribution in [2.24, 2.45) is 5.92 Å². The van der Waals surface area contributed by atoms with Crippen molar-refractivity contribution in [2.75, 3.05) is 18.4 Å². The van der Waals surface area contributed by atoms with Crippen molar-refractivity contribution >= 4 is 28.4 Å². The molecule has 1 saturated heterocycles. The number of likely N-dealkylation sites (tertiary alicyclic amines) is 1. The van der Waals surface area contributed by atoms with Gasteiger partial charge >= 0.3 is 0 Å². The average molecular weight is 361 g/mol. The quantitative estimate of drug-likeness (QED) is 0.746. The molecule has 0 bridgehead atoms. The van der Waals surface area contributed by atoms with E-state index in [9.17, 15) is 9.59 Å². The first-order chi connectivity index (χ1) is 13.2. The summed E-state index contributed by atoms with van der Waals surface area (Å²) in [7, 11) is 0. The number of anilines is 1. The molecule has 2 heterocycles. The van der Waals surface area contributed by atoms with E-state index in [4.69, 9.17) is 0 Å². The molecule has 1 atom stereocenters. The fourth-order valence-corrected chi connectivity index (χ4v) is 3.74. The van der Waals surface area contributed by atoms with E-state index >= 15 is 0 Å². The van der Waals surface area contributed by atoms with Gasteiger partial charge in [0.1, 0.15) is 0 Å². The van der Waals surface area contributed by atoms with Gasteiger partial charge in [0, 0.05) is 35.9 Å². The van der Waals surface area contributed by atoms with Gasteiger partial charge in [-0.25, -0.2) is 0 Å². The number of H-pyrrole nitrogens is 1.